The molecule has 0 unspecified atom stereocenters. The summed E-state index contributed by atoms with van der Waals surface area (Å²) in [6, 6.07) is 6.43. The van der Waals surface area contributed by atoms with Gasteiger partial charge in [-0.15, -0.1) is 35.0 Å². The van der Waals surface area contributed by atoms with Crippen LogP contribution in [0.5, 0.6) is 0 Å². The highest BCUT2D eigenvalue weighted by Crippen LogP contribution is 2.29. The van der Waals surface area contributed by atoms with Crippen LogP contribution >= 0.6 is 67.4 Å². The second-order valence-corrected chi connectivity index (χ2v) is 6.84. The molecule has 0 aromatic heterocycles. The standard InChI is InChI=1S/C9H12S6/c10-13-4-7-2-1-3-8(5-14-11)9(7)6-15-12/h1-3,10-12H,4-6H2. The van der Waals surface area contributed by atoms with Crippen molar-refractivity contribution in [2.24, 2.45) is 0 Å². The number of hydrogen-bond donors (Lipinski definition) is 3. The smallest absolute Gasteiger partial charge is 0.0292 e. The summed E-state index contributed by atoms with van der Waals surface area (Å²) >= 11 is 12.6. The zero-order chi connectivity index (χ0) is 11.1. The Kier molecular flexibility index (Phi) is 8.07. The zero-order valence-corrected chi connectivity index (χ0v) is 13.1. The summed E-state index contributed by atoms with van der Waals surface area (Å²) in [6.45, 7) is 0. The van der Waals surface area contributed by atoms with Gasteiger partial charge in [0.2, 0.25) is 0 Å². The quantitative estimate of drug-likeness (QED) is 0.504. The first-order valence-electron chi connectivity index (χ1n) is 4.22. The maximum atomic E-state index is 4.23. The van der Waals surface area contributed by atoms with Crippen molar-refractivity contribution in [3.05, 3.63) is 34.9 Å². The van der Waals surface area contributed by atoms with Gasteiger partial charge in [-0.1, -0.05) is 50.6 Å². The van der Waals surface area contributed by atoms with Gasteiger partial charge in [0.15, 0.2) is 0 Å². The van der Waals surface area contributed by atoms with Crippen LogP contribution in [-0.4, -0.2) is 0 Å². The minimum Gasteiger partial charge on any atom is -0.111 e. The molecule has 0 amide bonds. The molecule has 84 valence electrons. The third kappa shape index (κ3) is 4.60. The topological polar surface area (TPSA) is 0 Å². The van der Waals surface area contributed by atoms with Crippen LogP contribution in [0.15, 0.2) is 18.2 Å². The van der Waals surface area contributed by atoms with Gasteiger partial charge in [0.25, 0.3) is 0 Å². The summed E-state index contributed by atoms with van der Waals surface area (Å²) in [5.74, 6) is 2.83. The van der Waals surface area contributed by atoms with E-state index in [0.717, 1.165) is 17.3 Å². The number of hydrogen-bond acceptors (Lipinski definition) is 6. The van der Waals surface area contributed by atoms with Crippen LogP contribution < -0.4 is 0 Å². The summed E-state index contributed by atoms with van der Waals surface area (Å²) < 4.78 is 0. The van der Waals surface area contributed by atoms with Gasteiger partial charge < -0.3 is 0 Å². The molecule has 0 bridgehead atoms. The van der Waals surface area contributed by atoms with Gasteiger partial charge in [0, 0.05) is 17.3 Å². The highest BCUT2D eigenvalue weighted by molar-refractivity contribution is 8.68. The number of benzene rings is 1. The summed E-state index contributed by atoms with van der Waals surface area (Å²) in [5, 5.41) is 0. The van der Waals surface area contributed by atoms with E-state index in [1.54, 1.807) is 32.4 Å². The molecule has 0 aliphatic rings. The van der Waals surface area contributed by atoms with Crippen molar-refractivity contribution in [2.45, 2.75) is 17.3 Å². The first-order valence-corrected chi connectivity index (χ1v) is 10.3. The Morgan fingerprint density at radius 2 is 1.27 bits per heavy atom. The Morgan fingerprint density at radius 1 is 0.800 bits per heavy atom. The maximum Gasteiger partial charge on any atom is 0.0292 e. The second-order valence-electron chi connectivity index (χ2n) is 2.88. The Labute approximate surface area is 119 Å². The van der Waals surface area contributed by atoms with Gasteiger partial charge in [0.1, 0.15) is 0 Å². The molecule has 15 heavy (non-hydrogen) atoms. The van der Waals surface area contributed by atoms with Crippen molar-refractivity contribution in [3.8, 4) is 0 Å². The predicted octanol–water partition coefficient (Wildman–Crippen LogP) is 4.92. The molecule has 0 atom stereocenters. The van der Waals surface area contributed by atoms with E-state index in [-0.39, 0.29) is 0 Å². The predicted molar refractivity (Wildman–Crippen MR) is 87.3 cm³/mol. The van der Waals surface area contributed by atoms with Crippen LogP contribution in [-0.2, 0) is 17.3 Å². The van der Waals surface area contributed by atoms with Gasteiger partial charge in [-0.25, -0.2) is 0 Å². The molecule has 0 saturated heterocycles. The van der Waals surface area contributed by atoms with Crippen LogP contribution in [0.1, 0.15) is 16.7 Å². The van der Waals surface area contributed by atoms with Crippen molar-refractivity contribution in [2.75, 3.05) is 0 Å². The molecule has 0 fully saturated rings. The molecule has 0 aliphatic carbocycles. The highest BCUT2D eigenvalue weighted by Gasteiger charge is 2.07. The van der Waals surface area contributed by atoms with Crippen molar-refractivity contribution >= 4 is 67.4 Å². The molecule has 1 rings (SSSR count). The molecule has 1 aromatic rings. The lowest BCUT2D eigenvalue weighted by molar-refractivity contribution is 1.22. The molecule has 1 aromatic carbocycles. The van der Waals surface area contributed by atoms with E-state index in [4.69, 9.17) is 0 Å². The van der Waals surface area contributed by atoms with Gasteiger partial charge in [-0.2, -0.15) is 0 Å². The summed E-state index contributed by atoms with van der Waals surface area (Å²) in [4.78, 5) is 0. The Bertz CT molecular complexity index is 276. The van der Waals surface area contributed by atoms with Crippen LogP contribution in [0, 0.1) is 0 Å². The monoisotopic (exact) mass is 312 g/mol. The van der Waals surface area contributed by atoms with Crippen LogP contribution in [0.4, 0.5) is 0 Å². The summed E-state index contributed by atoms with van der Waals surface area (Å²) in [5.41, 5.74) is 4.11. The molecule has 0 saturated carbocycles. The minimum absolute atomic E-state index is 0.942. The lowest BCUT2D eigenvalue weighted by atomic mass is 10.0. The zero-order valence-electron chi connectivity index (χ0n) is 7.92. The average molecular weight is 313 g/mol. The second kappa shape index (κ2) is 8.42. The molecule has 0 spiro atoms. The first-order chi connectivity index (χ1) is 7.33. The van der Waals surface area contributed by atoms with E-state index in [1.165, 1.54) is 16.7 Å². The molecular weight excluding hydrogens is 301 g/mol. The Balaban J connectivity index is 2.97. The molecule has 0 aliphatic heterocycles. The van der Waals surface area contributed by atoms with Gasteiger partial charge in [-0.3, -0.25) is 0 Å². The summed E-state index contributed by atoms with van der Waals surface area (Å²) in [7, 11) is 4.67. The van der Waals surface area contributed by atoms with E-state index < -0.39 is 0 Å². The fourth-order valence-corrected chi connectivity index (χ4v) is 3.89. The normalized spacial score (nSPS) is 10.6. The fraction of sp³-hybridized carbons (Fsp3) is 0.333. The van der Waals surface area contributed by atoms with Crippen molar-refractivity contribution in [1.82, 2.24) is 0 Å². The van der Waals surface area contributed by atoms with E-state index in [0.29, 0.717) is 0 Å². The maximum absolute atomic E-state index is 4.23. The summed E-state index contributed by atoms with van der Waals surface area (Å²) in [6.07, 6.45) is 0. The Morgan fingerprint density at radius 3 is 1.67 bits per heavy atom. The SMILES string of the molecule is SSCc1cccc(CSS)c1CSS. The van der Waals surface area contributed by atoms with E-state index in [9.17, 15) is 0 Å². The van der Waals surface area contributed by atoms with E-state index >= 15 is 0 Å². The molecule has 0 nitrogen and oxygen atoms in total. The van der Waals surface area contributed by atoms with E-state index in [2.05, 4.69) is 53.2 Å². The first kappa shape index (κ1) is 14.4. The third-order valence-electron chi connectivity index (χ3n) is 2.02. The Hall–Kier alpha value is 1.32. The average Bonchev–Trinajstić information content (AvgIpc) is 2.23. The van der Waals surface area contributed by atoms with Crippen LogP contribution in [0.25, 0.3) is 0 Å². The van der Waals surface area contributed by atoms with Gasteiger partial charge in [0.05, 0.1) is 0 Å². The van der Waals surface area contributed by atoms with Crippen molar-refractivity contribution < 1.29 is 0 Å². The van der Waals surface area contributed by atoms with Crippen LogP contribution in [0.3, 0.4) is 0 Å². The fourth-order valence-electron chi connectivity index (χ4n) is 1.35. The van der Waals surface area contributed by atoms with Gasteiger partial charge >= 0.3 is 0 Å². The highest BCUT2D eigenvalue weighted by atomic mass is 33.1. The molecule has 0 N–H and O–H groups in total. The number of rotatable bonds is 6. The van der Waals surface area contributed by atoms with Crippen molar-refractivity contribution in [1.29, 1.82) is 0 Å². The molecule has 0 radical (unpaired) electrons. The van der Waals surface area contributed by atoms with Crippen molar-refractivity contribution in [3.63, 3.8) is 0 Å². The number of thiol groups is 3. The lowest BCUT2D eigenvalue weighted by Gasteiger charge is -2.12. The van der Waals surface area contributed by atoms with Crippen LogP contribution in [0.2, 0.25) is 0 Å². The molecule has 6 heteroatoms. The van der Waals surface area contributed by atoms with Gasteiger partial charge in [-0.05, 0) is 16.7 Å². The third-order valence-corrected chi connectivity index (χ3v) is 4.48. The molecule has 0 heterocycles. The molecular formula is C9H12S6. The lowest BCUT2D eigenvalue weighted by Crippen LogP contribution is -1.95. The van der Waals surface area contributed by atoms with E-state index in [1.807, 2.05) is 0 Å². The minimum atomic E-state index is 0.942. The largest absolute Gasteiger partial charge is 0.111 e.